The minimum Gasteiger partial charge on any atom is -0.324 e. The zero-order valence-electron chi connectivity index (χ0n) is 5.02. The standard InChI is InChI=1S/C5H13N/c1-5-6(2,3)4/h5H,1-4H3/q+1. The van der Waals surface area contributed by atoms with E-state index < -0.39 is 0 Å². The van der Waals surface area contributed by atoms with Gasteiger partial charge in [0.2, 0.25) is 0 Å². The van der Waals surface area contributed by atoms with Crippen LogP contribution < -0.4 is 0 Å². The predicted molar refractivity (Wildman–Crippen MR) is 28.0 cm³/mol. The highest BCUT2D eigenvalue weighted by atomic mass is 15.3. The van der Waals surface area contributed by atoms with Crippen LogP contribution >= 0.6 is 0 Å². The quantitative estimate of drug-likeness (QED) is 0.416. The first-order valence-electron chi connectivity index (χ1n) is 2.18. The molecule has 0 aromatic carbocycles. The van der Waals surface area contributed by atoms with Gasteiger partial charge in [0.15, 0.2) is 0 Å². The molecule has 0 saturated carbocycles. The number of rotatable bonds is 1. The monoisotopic (exact) mass is 87.1 g/mol. The fraction of sp³-hybridized carbons (Fsp3) is 0.800. The van der Waals surface area contributed by atoms with E-state index in [-0.39, 0.29) is 0 Å². The molecule has 0 spiro atoms. The summed E-state index contributed by atoms with van der Waals surface area (Å²) in [5.41, 5.74) is 0. The number of hydrogen-bond donors (Lipinski definition) is 0. The largest absolute Gasteiger partial charge is 0.324 e. The zero-order chi connectivity index (χ0) is 5.21. The fourth-order valence-electron chi connectivity index (χ4n) is 0. The normalized spacial score (nSPS) is 12.0. The molecule has 0 bridgehead atoms. The third kappa shape index (κ3) is 3.96. The predicted octanol–water partition coefficient (Wildman–Crippen LogP) is 0.874. The van der Waals surface area contributed by atoms with Crippen molar-refractivity contribution < 1.29 is 4.48 Å². The molecule has 0 amide bonds. The second-order valence-corrected chi connectivity index (χ2v) is 2.37. The maximum absolute atomic E-state index is 2.12. The summed E-state index contributed by atoms with van der Waals surface area (Å²) in [6, 6.07) is 0. The van der Waals surface area contributed by atoms with Gasteiger partial charge in [0.25, 0.3) is 0 Å². The molecule has 0 aliphatic carbocycles. The van der Waals surface area contributed by atoms with Crippen LogP contribution in [-0.4, -0.2) is 25.6 Å². The maximum atomic E-state index is 2.12. The Morgan fingerprint density at radius 1 is 1.17 bits per heavy atom. The van der Waals surface area contributed by atoms with Gasteiger partial charge in [0.1, 0.15) is 6.54 Å². The lowest BCUT2D eigenvalue weighted by molar-refractivity contribution is -0.838. The van der Waals surface area contributed by atoms with E-state index in [1.807, 2.05) is 0 Å². The van der Waals surface area contributed by atoms with Crippen molar-refractivity contribution >= 4 is 0 Å². The van der Waals surface area contributed by atoms with Gasteiger partial charge < -0.3 is 4.48 Å². The van der Waals surface area contributed by atoms with E-state index in [9.17, 15) is 0 Å². The fourth-order valence-corrected chi connectivity index (χ4v) is 0. The highest BCUT2D eigenvalue weighted by molar-refractivity contribution is 4.29. The van der Waals surface area contributed by atoms with Crippen LogP contribution in [-0.2, 0) is 0 Å². The van der Waals surface area contributed by atoms with Crippen molar-refractivity contribution in [2.75, 3.05) is 21.1 Å². The Balaban J connectivity index is 3.17. The molecule has 0 rings (SSSR count). The Morgan fingerprint density at radius 2 is 1.33 bits per heavy atom. The lowest BCUT2D eigenvalue weighted by atomic mass is 10.6. The topological polar surface area (TPSA) is 0 Å². The second kappa shape index (κ2) is 1.61. The van der Waals surface area contributed by atoms with Crippen LogP contribution in [0.3, 0.4) is 0 Å². The van der Waals surface area contributed by atoms with Crippen molar-refractivity contribution in [1.82, 2.24) is 0 Å². The zero-order valence-corrected chi connectivity index (χ0v) is 5.02. The first-order chi connectivity index (χ1) is 2.56. The molecular formula is C5H13N+. The van der Waals surface area contributed by atoms with Crippen molar-refractivity contribution in [3.8, 4) is 0 Å². The van der Waals surface area contributed by atoms with Crippen LogP contribution in [0.2, 0.25) is 0 Å². The summed E-state index contributed by atoms with van der Waals surface area (Å²) in [5, 5.41) is 0. The summed E-state index contributed by atoms with van der Waals surface area (Å²) >= 11 is 0. The van der Waals surface area contributed by atoms with Crippen molar-refractivity contribution in [2.45, 2.75) is 6.92 Å². The molecule has 0 heterocycles. The Morgan fingerprint density at radius 3 is 1.33 bits per heavy atom. The first kappa shape index (κ1) is 5.96. The molecule has 37 valence electrons. The Labute approximate surface area is 40.2 Å². The maximum Gasteiger partial charge on any atom is 0.138 e. The summed E-state index contributed by atoms with van der Waals surface area (Å²) < 4.78 is 0.944. The van der Waals surface area contributed by atoms with Gasteiger partial charge in [-0.1, -0.05) is 0 Å². The Hall–Kier alpha value is -0.0400. The lowest BCUT2D eigenvalue weighted by Gasteiger charge is -2.19. The molecule has 0 unspecified atom stereocenters. The number of hydrogen-bond acceptors (Lipinski definition) is 0. The molecule has 0 N–H and O–H groups in total. The van der Waals surface area contributed by atoms with E-state index in [0.29, 0.717) is 0 Å². The molecule has 1 heteroatoms. The van der Waals surface area contributed by atoms with E-state index in [0.717, 1.165) is 4.48 Å². The molecule has 1 nitrogen and oxygen atoms in total. The highest BCUT2D eigenvalue weighted by Crippen LogP contribution is 1.90. The van der Waals surface area contributed by atoms with Crippen LogP contribution in [0.5, 0.6) is 0 Å². The van der Waals surface area contributed by atoms with E-state index in [2.05, 4.69) is 34.6 Å². The molecule has 0 aliphatic rings. The molecule has 0 aliphatic heterocycles. The van der Waals surface area contributed by atoms with Crippen LogP contribution in [0.15, 0.2) is 0 Å². The average molecular weight is 87.2 g/mol. The summed E-state index contributed by atoms with van der Waals surface area (Å²) in [7, 11) is 6.38. The summed E-state index contributed by atoms with van der Waals surface area (Å²) in [6.07, 6.45) is 0. The highest BCUT2D eigenvalue weighted by Gasteiger charge is 1.99. The molecular weight excluding hydrogens is 74.1 g/mol. The van der Waals surface area contributed by atoms with Gasteiger partial charge in [-0.05, 0) is 6.92 Å². The van der Waals surface area contributed by atoms with Crippen LogP contribution in [0, 0.1) is 6.54 Å². The lowest BCUT2D eigenvalue weighted by Crippen LogP contribution is -2.29. The van der Waals surface area contributed by atoms with Crippen LogP contribution in [0.4, 0.5) is 0 Å². The van der Waals surface area contributed by atoms with Gasteiger partial charge in [-0.2, -0.15) is 0 Å². The molecule has 0 saturated heterocycles. The molecule has 0 atom stereocenters. The average Bonchev–Trinajstić information content (AvgIpc) is 1.35. The number of quaternary nitrogens is 1. The van der Waals surface area contributed by atoms with Gasteiger partial charge in [0.05, 0.1) is 21.1 Å². The number of nitrogens with zero attached hydrogens (tertiary/aromatic N) is 1. The van der Waals surface area contributed by atoms with Gasteiger partial charge in [-0.3, -0.25) is 0 Å². The van der Waals surface area contributed by atoms with Crippen molar-refractivity contribution in [1.29, 1.82) is 0 Å². The smallest absolute Gasteiger partial charge is 0.138 e. The van der Waals surface area contributed by atoms with E-state index in [1.54, 1.807) is 0 Å². The van der Waals surface area contributed by atoms with Gasteiger partial charge in [-0.25, -0.2) is 0 Å². The third-order valence-electron chi connectivity index (χ3n) is 0.775. The minimum atomic E-state index is 0.944. The van der Waals surface area contributed by atoms with Crippen LogP contribution in [0.1, 0.15) is 6.92 Å². The molecule has 1 radical (unpaired) electrons. The van der Waals surface area contributed by atoms with Crippen molar-refractivity contribution in [2.24, 2.45) is 0 Å². The second-order valence-electron chi connectivity index (χ2n) is 2.37. The minimum absolute atomic E-state index is 0.944. The van der Waals surface area contributed by atoms with E-state index in [1.165, 1.54) is 0 Å². The van der Waals surface area contributed by atoms with Crippen LogP contribution in [0.25, 0.3) is 0 Å². The Kier molecular flexibility index (Phi) is 1.59. The Bertz CT molecular complexity index is 33.7. The molecule has 0 fully saturated rings. The molecule has 6 heavy (non-hydrogen) atoms. The van der Waals surface area contributed by atoms with Crippen molar-refractivity contribution in [3.05, 3.63) is 6.54 Å². The SMILES string of the molecule is C[CH][N+](C)(C)C. The van der Waals surface area contributed by atoms with Gasteiger partial charge in [0, 0.05) is 0 Å². The molecule has 0 aromatic rings. The third-order valence-corrected chi connectivity index (χ3v) is 0.775. The summed E-state index contributed by atoms with van der Waals surface area (Å²) in [5.74, 6) is 0. The van der Waals surface area contributed by atoms with Crippen molar-refractivity contribution in [3.63, 3.8) is 0 Å². The van der Waals surface area contributed by atoms with E-state index >= 15 is 0 Å². The van der Waals surface area contributed by atoms with Gasteiger partial charge in [-0.15, -0.1) is 0 Å². The van der Waals surface area contributed by atoms with Gasteiger partial charge >= 0.3 is 0 Å². The first-order valence-corrected chi connectivity index (χ1v) is 2.18. The summed E-state index contributed by atoms with van der Waals surface area (Å²) in [4.78, 5) is 0. The molecule has 0 aromatic heterocycles. The summed E-state index contributed by atoms with van der Waals surface area (Å²) in [6.45, 7) is 4.18. The van der Waals surface area contributed by atoms with E-state index in [4.69, 9.17) is 0 Å².